The third-order valence-electron chi connectivity index (χ3n) is 4.14. The zero-order valence-electron chi connectivity index (χ0n) is 16.1. The molecule has 0 radical (unpaired) electrons. The highest BCUT2D eigenvalue weighted by Crippen LogP contribution is 2.29. The van der Waals surface area contributed by atoms with E-state index in [1.807, 2.05) is 13.8 Å². The van der Waals surface area contributed by atoms with Crippen molar-refractivity contribution in [3.05, 3.63) is 58.4 Å². The molecule has 154 valence electrons. The second-order valence-corrected chi connectivity index (χ2v) is 6.02. The average Bonchev–Trinajstić information content (AvgIpc) is 2.63. The van der Waals surface area contributed by atoms with Crippen molar-refractivity contribution >= 4 is 29.9 Å². The molecular formula is C19H24F3IN4O. The smallest absolute Gasteiger partial charge is 0.416 e. The minimum absolute atomic E-state index is 0. The molecule has 0 bridgehead atoms. The SMILES string of the molecule is CN=C(NCc1ccc(C(F)(F)F)cc1)NCc1ncc(C)c(OC)c1C.I. The number of hydrogen-bond acceptors (Lipinski definition) is 3. The summed E-state index contributed by atoms with van der Waals surface area (Å²) in [6.45, 7) is 4.66. The monoisotopic (exact) mass is 508 g/mol. The zero-order valence-corrected chi connectivity index (χ0v) is 18.5. The Hall–Kier alpha value is -2.04. The molecule has 1 aromatic heterocycles. The molecule has 28 heavy (non-hydrogen) atoms. The van der Waals surface area contributed by atoms with E-state index in [4.69, 9.17) is 4.74 Å². The van der Waals surface area contributed by atoms with Gasteiger partial charge in [0.2, 0.25) is 0 Å². The number of methoxy groups -OCH3 is 1. The first-order valence-electron chi connectivity index (χ1n) is 8.36. The summed E-state index contributed by atoms with van der Waals surface area (Å²) in [4.78, 5) is 8.53. The van der Waals surface area contributed by atoms with Crippen LogP contribution in [0.5, 0.6) is 5.75 Å². The lowest BCUT2D eigenvalue weighted by atomic mass is 10.1. The molecule has 2 rings (SSSR count). The molecule has 9 heteroatoms. The van der Waals surface area contributed by atoms with Gasteiger partial charge in [0.05, 0.1) is 24.9 Å². The second-order valence-electron chi connectivity index (χ2n) is 6.02. The van der Waals surface area contributed by atoms with Crippen LogP contribution in [0.2, 0.25) is 0 Å². The van der Waals surface area contributed by atoms with Crippen LogP contribution < -0.4 is 15.4 Å². The first-order valence-corrected chi connectivity index (χ1v) is 8.36. The third kappa shape index (κ3) is 6.25. The summed E-state index contributed by atoms with van der Waals surface area (Å²) in [5.41, 5.74) is 2.79. The fraction of sp³-hybridized carbons (Fsp3) is 0.368. The molecule has 5 nitrogen and oxygen atoms in total. The summed E-state index contributed by atoms with van der Waals surface area (Å²) in [6, 6.07) is 5.03. The first-order chi connectivity index (χ1) is 12.8. The highest BCUT2D eigenvalue weighted by molar-refractivity contribution is 14.0. The summed E-state index contributed by atoms with van der Waals surface area (Å²) >= 11 is 0. The van der Waals surface area contributed by atoms with Gasteiger partial charge < -0.3 is 15.4 Å². The van der Waals surface area contributed by atoms with Crippen molar-refractivity contribution in [1.29, 1.82) is 0 Å². The van der Waals surface area contributed by atoms with E-state index in [1.54, 1.807) is 20.4 Å². The molecule has 0 atom stereocenters. The summed E-state index contributed by atoms with van der Waals surface area (Å²) in [5, 5.41) is 6.22. The van der Waals surface area contributed by atoms with Gasteiger partial charge in [0.15, 0.2) is 5.96 Å². The van der Waals surface area contributed by atoms with Gasteiger partial charge in [0, 0.05) is 30.9 Å². The number of nitrogens with zero attached hydrogens (tertiary/aromatic N) is 2. The highest BCUT2D eigenvalue weighted by atomic mass is 127. The molecule has 1 heterocycles. The van der Waals surface area contributed by atoms with E-state index in [0.717, 1.165) is 40.3 Å². The lowest BCUT2D eigenvalue weighted by molar-refractivity contribution is -0.137. The molecule has 0 amide bonds. The van der Waals surface area contributed by atoms with Crippen molar-refractivity contribution in [3.8, 4) is 5.75 Å². The molecule has 2 aromatic rings. The largest absolute Gasteiger partial charge is 0.496 e. The topological polar surface area (TPSA) is 58.5 Å². The first kappa shape index (κ1) is 24.0. The summed E-state index contributed by atoms with van der Waals surface area (Å²) in [6.07, 6.45) is -2.58. The van der Waals surface area contributed by atoms with E-state index in [0.29, 0.717) is 19.0 Å². The second kappa shape index (κ2) is 10.5. The number of aliphatic imine (C=N–C) groups is 1. The summed E-state index contributed by atoms with van der Waals surface area (Å²) in [5.74, 6) is 1.32. The molecule has 0 saturated carbocycles. The van der Waals surface area contributed by atoms with Crippen molar-refractivity contribution in [3.63, 3.8) is 0 Å². The Morgan fingerprint density at radius 2 is 1.71 bits per heavy atom. The maximum atomic E-state index is 12.6. The molecule has 0 fully saturated rings. The zero-order chi connectivity index (χ0) is 20.0. The van der Waals surface area contributed by atoms with Crippen LogP contribution in [0.4, 0.5) is 13.2 Å². The van der Waals surface area contributed by atoms with Gasteiger partial charge in [0.1, 0.15) is 5.75 Å². The number of nitrogens with one attached hydrogen (secondary N) is 2. The van der Waals surface area contributed by atoms with Crippen molar-refractivity contribution in [2.45, 2.75) is 33.1 Å². The van der Waals surface area contributed by atoms with Gasteiger partial charge in [-0.2, -0.15) is 13.2 Å². The van der Waals surface area contributed by atoms with Crippen molar-refractivity contribution in [2.75, 3.05) is 14.2 Å². The molecule has 0 aliphatic carbocycles. The predicted octanol–water partition coefficient (Wildman–Crippen LogP) is 4.21. The number of rotatable bonds is 5. The number of halogens is 4. The van der Waals surface area contributed by atoms with E-state index < -0.39 is 11.7 Å². The Morgan fingerprint density at radius 3 is 2.25 bits per heavy atom. The third-order valence-corrected chi connectivity index (χ3v) is 4.14. The van der Waals surface area contributed by atoms with Crippen LogP contribution in [0.15, 0.2) is 35.5 Å². The molecule has 1 aromatic carbocycles. The van der Waals surface area contributed by atoms with E-state index >= 15 is 0 Å². The number of aromatic nitrogens is 1. The van der Waals surface area contributed by atoms with Crippen LogP contribution in [0.25, 0.3) is 0 Å². The molecule has 0 saturated heterocycles. The van der Waals surface area contributed by atoms with E-state index in [9.17, 15) is 13.2 Å². The average molecular weight is 508 g/mol. The maximum Gasteiger partial charge on any atom is 0.416 e. The highest BCUT2D eigenvalue weighted by Gasteiger charge is 2.29. The number of ether oxygens (including phenoxy) is 1. The van der Waals surface area contributed by atoms with Gasteiger partial charge in [-0.3, -0.25) is 9.98 Å². The molecule has 2 N–H and O–H groups in total. The van der Waals surface area contributed by atoms with Crippen LogP contribution in [-0.4, -0.2) is 25.1 Å². The Morgan fingerprint density at radius 1 is 1.11 bits per heavy atom. The molecule has 0 aliphatic rings. The fourth-order valence-corrected chi connectivity index (χ4v) is 2.63. The standard InChI is InChI=1S/C19H23F3N4O.HI/c1-12-9-24-16(13(2)17(12)27-4)11-26-18(23-3)25-10-14-5-7-15(8-6-14)19(20,21)22;/h5-9H,10-11H2,1-4H3,(H2,23,25,26);1H. The van der Waals surface area contributed by atoms with Gasteiger partial charge in [-0.05, 0) is 31.5 Å². The number of benzene rings is 1. The summed E-state index contributed by atoms with van der Waals surface area (Å²) < 4.78 is 43.2. The van der Waals surface area contributed by atoms with Gasteiger partial charge in [-0.1, -0.05) is 12.1 Å². The van der Waals surface area contributed by atoms with Crippen molar-refractivity contribution in [1.82, 2.24) is 15.6 Å². The quantitative estimate of drug-likeness (QED) is 0.361. The molecule has 0 aliphatic heterocycles. The number of alkyl halides is 3. The number of hydrogen-bond donors (Lipinski definition) is 2. The lowest BCUT2D eigenvalue weighted by Gasteiger charge is -2.15. The Kier molecular flexibility index (Phi) is 8.99. The minimum Gasteiger partial charge on any atom is -0.496 e. The van der Waals surface area contributed by atoms with Crippen LogP contribution in [-0.2, 0) is 19.3 Å². The summed E-state index contributed by atoms with van der Waals surface area (Å²) in [7, 11) is 3.25. The molecule has 0 spiro atoms. The van der Waals surface area contributed by atoms with Crippen LogP contribution in [0.1, 0.15) is 27.9 Å². The van der Waals surface area contributed by atoms with E-state index in [-0.39, 0.29) is 24.0 Å². The van der Waals surface area contributed by atoms with E-state index in [1.165, 1.54) is 12.1 Å². The fourth-order valence-electron chi connectivity index (χ4n) is 2.63. The number of aryl methyl sites for hydroxylation is 1. The van der Waals surface area contributed by atoms with E-state index in [2.05, 4.69) is 20.6 Å². The van der Waals surface area contributed by atoms with Crippen LogP contribution >= 0.6 is 24.0 Å². The Bertz CT molecular complexity index is 808. The van der Waals surface area contributed by atoms with Crippen molar-refractivity contribution in [2.24, 2.45) is 4.99 Å². The van der Waals surface area contributed by atoms with Crippen molar-refractivity contribution < 1.29 is 17.9 Å². The molecular weight excluding hydrogens is 484 g/mol. The van der Waals surface area contributed by atoms with Gasteiger partial charge in [-0.25, -0.2) is 0 Å². The number of pyridine rings is 1. The Balaban J connectivity index is 0.00000392. The van der Waals surface area contributed by atoms with Crippen LogP contribution in [0.3, 0.4) is 0 Å². The van der Waals surface area contributed by atoms with Gasteiger partial charge in [0.25, 0.3) is 0 Å². The van der Waals surface area contributed by atoms with Crippen LogP contribution in [0, 0.1) is 13.8 Å². The van der Waals surface area contributed by atoms with Gasteiger partial charge in [-0.15, -0.1) is 24.0 Å². The minimum atomic E-state index is -4.33. The normalized spacial score (nSPS) is 11.6. The molecule has 0 unspecified atom stereocenters. The predicted molar refractivity (Wildman–Crippen MR) is 114 cm³/mol. The number of guanidine groups is 1. The lowest BCUT2D eigenvalue weighted by Crippen LogP contribution is -2.36. The Labute approximate surface area is 179 Å². The maximum absolute atomic E-state index is 12.6. The van der Waals surface area contributed by atoms with Gasteiger partial charge >= 0.3 is 6.18 Å².